The van der Waals surface area contributed by atoms with Crippen LogP contribution in [0, 0.1) is 5.82 Å². The highest BCUT2D eigenvalue weighted by Crippen LogP contribution is 2.26. The molecule has 2 nitrogen and oxygen atoms in total. The van der Waals surface area contributed by atoms with Crippen LogP contribution in [-0.4, -0.2) is 25.9 Å². The summed E-state index contributed by atoms with van der Waals surface area (Å²) in [6, 6.07) is 4.63. The highest BCUT2D eigenvalue weighted by Gasteiger charge is 2.30. The van der Waals surface area contributed by atoms with E-state index in [1.165, 1.54) is 13.2 Å². The third kappa shape index (κ3) is 4.63. The minimum atomic E-state index is -1.57. The van der Waals surface area contributed by atoms with Crippen molar-refractivity contribution in [2.45, 2.75) is 24.9 Å². The van der Waals surface area contributed by atoms with Crippen molar-refractivity contribution in [1.29, 1.82) is 0 Å². The molecular weight excluding hydrogens is 304 g/mol. The molecule has 0 aliphatic carbocycles. The molecule has 0 heterocycles. The molecule has 2 N–H and O–H groups in total. The SMILES string of the molecule is COCC(F)(CCCN)Cc1ccc(Br)cc1F. The molecule has 1 unspecified atom stereocenters. The normalized spacial score (nSPS) is 14.5. The number of ether oxygens (including phenoxy) is 1. The summed E-state index contributed by atoms with van der Waals surface area (Å²) in [7, 11) is 1.44. The third-order valence-corrected chi connectivity index (χ3v) is 3.25. The van der Waals surface area contributed by atoms with Gasteiger partial charge in [0, 0.05) is 18.0 Å². The zero-order valence-corrected chi connectivity index (χ0v) is 12.0. The molecule has 1 atom stereocenters. The Morgan fingerprint density at radius 2 is 2.17 bits per heavy atom. The molecule has 0 radical (unpaired) electrons. The van der Waals surface area contributed by atoms with E-state index in [2.05, 4.69) is 15.9 Å². The summed E-state index contributed by atoms with van der Waals surface area (Å²) < 4.78 is 33.8. The summed E-state index contributed by atoms with van der Waals surface area (Å²) in [5, 5.41) is 0. The van der Waals surface area contributed by atoms with Crippen molar-refractivity contribution in [3.05, 3.63) is 34.1 Å². The Bertz CT molecular complexity index is 389. The predicted molar refractivity (Wildman–Crippen MR) is 71.8 cm³/mol. The van der Waals surface area contributed by atoms with Crippen molar-refractivity contribution in [1.82, 2.24) is 0 Å². The quantitative estimate of drug-likeness (QED) is 0.836. The summed E-state index contributed by atoms with van der Waals surface area (Å²) >= 11 is 3.17. The summed E-state index contributed by atoms with van der Waals surface area (Å²) in [5.74, 6) is -0.407. The number of hydrogen-bond donors (Lipinski definition) is 1. The molecule has 0 aromatic heterocycles. The molecule has 0 amide bonds. The first-order valence-corrected chi connectivity index (χ1v) is 6.62. The fourth-order valence-electron chi connectivity index (χ4n) is 1.90. The first-order chi connectivity index (χ1) is 8.50. The smallest absolute Gasteiger partial charge is 0.138 e. The molecular formula is C13H18BrF2NO. The van der Waals surface area contributed by atoms with Crippen LogP contribution < -0.4 is 5.73 Å². The first kappa shape index (κ1) is 15.5. The van der Waals surface area contributed by atoms with Gasteiger partial charge in [-0.1, -0.05) is 22.0 Å². The number of alkyl halides is 1. The van der Waals surface area contributed by atoms with Crippen LogP contribution in [-0.2, 0) is 11.2 Å². The van der Waals surface area contributed by atoms with Crippen molar-refractivity contribution >= 4 is 15.9 Å². The van der Waals surface area contributed by atoms with Gasteiger partial charge < -0.3 is 10.5 Å². The molecule has 102 valence electrons. The number of methoxy groups -OCH3 is 1. The maximum atomic E-state index is 14.6. The van der Waals surface area contributed by atoms with Gasteiger partial charge in [-0.05, 0) is 37.1 Å². The van der Waals surface area contributed by atoms with Crippen molar-refractivity contribution < 1.29 is 13.5 Å². The summed E-state index contributed by atoms with van der Waals surface area (Å²) in [6.45, 7) is 0.362. The Morgan fingerprint density at radius 1 is 1.44 bits per heavy atom. The number of halogens is 3. The number of rotatable bonds is 7. The Labute approximate surface area is 115 Å². The molecule has 1 aromatic carbocycles. The standard InChI is InChI=1S/C13H18BrF2NO/c1-18-9-13(16,5-2-6-17)8-10-3-4-11(14)7-12(10)15/h3-4,7H,2,5-6,8-9,17H2,1H3. The maximum Gasteiger partial charge on any atom is 0.138 e. The summed E-state index contributed by atoms with van der Waals surface area (Å²) in [5.41, 5.74) is 4.18. The number of nitrogens with two attached hydrogens (primary N) is 1. The van der Waals surface area contributed by atoms with Gasteiger partial charge >= 0.3 is 0 Å². The van der Waals surface area contributed by atoms with Gasteiger partial charge in [-0.3, -0.25) is 0 Å². The molecule has 0 fully saturated rings. The maximum absolute atomic E-state index is 14.6. The van der Waals surface area contributed by atoms with Gasteiger partial charge in [0.25, 0.3) is 0 Å². The zero-order chi connectivity index (χ0) is 13.6. The van der Waals surface area contributed by atoms with Gasteiger partial charge in [0.2, 0.25) is 0 Å². The lowest BCUT2D eigenvalue weighted by Crippen LogP contribution is -2.32. The molecule has 0 aliphatic rings. The van der Waals surface area contributed by atoms with Crippen LogP contribution in [0.15, 0.2) is 22.7 Å². The lowest BCUT2D eigenvalue weighted by atomic mass is 9.92. The molecule has 5 heteroatoms. The number of hydrogen-bond acceptors (Lipinski definition) is 2. The van der Waals surface area contributed by atoms with Gasteiger partial charge in [-0.25, -0.2) is 8.78 Å². The van der Waals surface area contributed by atoms with E-state index in [4.69, 9.17) is 10.5 Å². The van der Waals surface area contributed by atoms with E-state index in [0.717, 1.165) is 0 Å². The number of benzene rings is 1. The van der Waals surface area contributed by atoms with Gasteiger partial charge in [0.1, 0.15) is 11.5 Å². The van der Waals surface area contributed by atoms with Gasteiger partial charge in [0.15, 0.2) is 0 Å². The van der Waals surface area contributed by atoms with E-state index in [-0.39, 0.29) is 19.4 Å². The summed E-state index contributed by atoms with van der Waals surface area (Å²) in [6.07, 6.45) is 0.824. The van der Waals surface area contributed by atoms with Crippen LogP contribution in [0.25, 0.3) is 0 Å². The van der Waals surface area contributed by atoms with E-state index in [9.17, 15) is 8.78 Å². The van der Waals surface area contributed by atoms with Crippen LogP contribution in [0.3, 0.4) is 0 Å². The highest BCUT2D eigenvalue weighted by molar-refractivity contribution is 9.10. The summed E-state index contributed by atoms with van der Waals surface area (Å²) in [4.78, 5) is 0. The minimum absolute atomic E-state index is 0.0000463. The lowest BCUT2D eigenvalue weighted by Gasteiger charge is -2.24. The van der Waals surface area contributed by atoms with Crippen LogP contribution in [0.2, 0.25) is 0 Å². The van der Waals surface area contributed by atoms with E-state index in [0.29, 0.717) is 23.0 Å². The zero-order valence-electron chi connectivity index (χ0n) is 10.4. The Hall–Kier alpha value is -0.520. The largest absolute Gasteiger partial charge is 0.381 e. The van der Waals surface area contributed by atoms with Crippen molar-refractivity contribution in [3.8, 4) is 0 Å². The average molecular weight is 322 g/mol. The molecule has 0 saturated heterocycles. The topological polar surface area (TPSA) is 35.2 Å². The Balaban J connectivity index is 2.81. The Kier molecular flexibility index (Phi) is 6.18. The Morgan fingerprint density at radius 3 is 2.72 bits per heavy atom. The van der Waals surface area contributed by atoms with Crippen molar-refractivity contribution in [2.75, 3.05) is 20.3 Å². The molecule has 1 aromatic rings. The second-order valence-electron chi connectivity index (χ2n) is 4.39. The first-order valence-electron chi connectivity index (χ1n) is 5.82. The minimum Gasteiger partial charge on any atom is -0.381 e. The van der Waals surface area contributed by atoms with E-state index in [1.807, 2.05) is 0 Å². The molecule has 0 aliphatic heterocycles. The molecule has 18 heavy (non-hydrogen) atoms. The second-order valence-corrected chi connectivity index (χ2v) is 5.30. The van der Waals surface area contributed by atoms with Gasteiger partial charge in [-0.15, -0.1) is 0 Å². The van der Waals surface area contributed by atoms with Crippen molar-refractivity contribution in [3.63, 3.8) is 0 Å². The van der Waals surface area contributed by atoms with E-state index < -0.39 is 11.5 Å². The monoisotopic (exact) mass is 321 g/mol. The molecule has 0 spiro atoms. The van der Waals surface area contributed by atoms with Crippen LogP contribution in [0.1, 0.15) is 18.4 Å². The van der Waals surface area contributed by atoms with Crippen LogP contribution >= 0.6 is 15.9 Å². The fourth-order valence-corrected chi connectivity index (χ4v) is 2.23. The van der Waals surface area contributed by atoms with Gasteiger partial charge in [-0.2, -0.15) is 0 Å². The van der Waals surface area contributed by atoms with E-state index >= 15 is 0 Å². The second kappa shape index (κ2) is 7.16. The fraction of sp³-hybridized carbons (Fsp3) is 0.538. The lowest BCUT2D eigenvalue weighted by molar-refractivity contribution is 0.0328. The van der Waals surface area contributed by atoms with Crippen molar-refractivity contribution in [2.24, 2.45) is 5.73 Å². The molecule has 0 bridgehead atoms. The molecule has 0 saturated carbocycles. The highest BCUT2D eigenvalue weighted by atomic mass is 79.9. The molecule has 1 rings (SSSR count). The average Bonchev–Trinajstić information content (AvgIpc) is 2.31. The third-order valence-electron chi connectivity index (χ3n) is 2.75. The van der Waals surface area contributed by atoms with Gasteiger partial charge in [0.05, 0.1) is 6.61 Å². The van der Waals surface area contributed by atoms with E-state index in [1.54, 1.807) is 12.1 Å². The van der Waals surface area contributed by atoms with Crippen LogP contribution in [0.5, 0.6) is 0 Å². The van der Waals surface area contributed by atoms with Crippen LogP contribution in [0.4, 0.5) is 8.78 Å². The predicted octanol–water partition coefficient (Wildman–Crippen LogP) is 3.22.